The Balaban J connectivity index is 1.47. The number of amides is 1. The molecule has 1 amide bonds. The minimum Gasteiger partial charge on any atom is -0.385 e. The van der Waals surface area contributed by atoms with Crippen molar-refractivity contribution in [3.05, 3.63) is 72.2 Å². The van der Waals surface area contributed by atoms with E-state index < -0.39 is 5.60 Å². The molecular weight excluding hydrogens is 349 g/mol. The van der Waals surface area contributed by atoms with Crippen molar-refractivity contribution >= 4 is 5.91 Å². The molecule has 1 aliphatic heterocycles. The topological polar surface area (TPSA) is 84.1 Å². The number of likely N-dealkylation sites (tertiary alicyclic amines) is 1. The number of carbonyl (C=O) groups is 1. The number of carbonyl (C=O) groups excluding carboxylic acids is 1. The van der Waals surface area contributed by atoms with Gasteiger partial charge >= 0.3 is 0 Å². The summed E-state index contributed by atoms with van der Waals surface area (Å²) in [6.45, 7) is 0.827. The fourth-order valence-corrected chi connectivity index (χ4v) is 3.32. The molecule has 8 heteroatoms. The van der Waals surface area contributed by atoms with Gasteiger partial charge in [-0.1, -0.05) is 12.1 Å². The number of piperidine rings is 1. The lowest BCUT2D eigenvalue weighted by molar-refractivity contribution is -0.0211. The van der Waals surface area contributed by atoms with Crippen LogP contribution in [0, 0.1) is 5.82 Å². The number of aromatic nitrogens is 4. The summed E-state index contributed by atoms with van der Waals surface area (Å²) in [5.74, 6) is 0.107. The first-order valence-electron chi connectivity index (χ1n) is 8.64. The van der Waals surface area contributed by atoms with E-state index >= 15 is 0 Å². The third-order valence-electron chi connectivity index (χ3n) is 4.94. The first kappa shape index (κ1) is 17.3. The molecule has 1 saturated heterocycles. The lowest BCUT2D eigenvalue weighted by Gasteiger charge is -2.38. The van der Waals surface area contributed by atoms with Crippen LogP contribution in [0.3, 0.4) is 0 Å². The molecule has 1 N–H and O–H groups in total. The standard InChI is InChI=1S/C19H18FN5O2/c20-16-3-1-15(2-4-16)19(27)6-9-24(10-7-19)18(26)14-5-8-21-17(11-14)25-12-22-23-13-25/h1-5,8,11-13,27H,6-7,9-10H2. The van der Waals surface area contributed by atoms with Crippen molar-refractivity contribution in [2.45, 2.75) is 18.4 Å². The molecule has 1 aromatic carbocycles. The van der Waals surface area contributed by atoms with Crippen LogP contribution in [-0.4, -0.2) is 48.8 Å². The lowest BCUT2D eigenvalue weighted by atomic mass is 9.84. The summed E-state index contributed by atoms with van der Waals surface area (Å²) in [5, 5.41) is 18.4. The Morgan fingerprint density at radius 3 is 2.41 bits per heavy atom. The number of rotatable bonds is 3. The van der Waals surface area contributed by atoms with E-state index in [-0.39, 0.29) is 11.7 Å². The van der Waals surface area contributed by atoms with Gasteiger partial charge in [0.1, 0.15) is 24.3 Å². The number of aliphatic hydroxyl groups is 1. The summed E-state index contributed by atoms with van der Waals surface area (Å²) in [6.07, 6.45) is 5.39. The Bertz CT molecular complexity index is 935. The van der Waals surface area contributed by atoms with Crippen LogP contribution in [0.25, 0.3) is 5.82 Å². The molecule has 0 bridgehead atoms. The molecule has 0 aliphatic carbocycles. The molecule has 0 atom stereocenters. The molecule has 2 aromatic heterocycles. The molecular formula is C19H18FN5O2. The summed E-state index contributed by atoms with van der Waals surface area (Å²) in [7, 11) is 0. The monoisotopic (exact) mass is 367 g/mol. The van der Waals surface area contributed by atoms with Crippen LogP contribution >= 0.6 is 0 Å². The van der Waals surface area contributed by atoms with Crippen LogP contribution in [0.1, 0.15) is 28.8 Å². The van der Waals surface area contributed by atoms with Crippen molar-refractivity contribution in [3.63, 3.8) is 0 Å². The number of hydrogen-bond donors (Lipinski definition) is 1. The van der Waals surface area contributed by atoms with Crippen molar-refractivity contribution in [2.75, 3.05) is 13.1 Å². The average Bonchev–Trinajstić information content (AvgIpc) is 3.23. The maximum Gasteiger partial charge on any atom is 0.254 e. The highest BCUT2D eigenvalue weighted by Crippen LogP contribution is 2.33. The average molecular weight is 367 g/mol. The zero-order valence-electron chi connectivity index (χ0n) is 14.5. The predicted molar refractivity (Wildman–Crippen MR) is 94.6 cm³/mol. The Kier molecular flexibility index (Phi) is 4.41. The highest BCUT2D eigenvalue weighted by Gasteiger charge is 2.35. The zero-order valence-corrected chi connectivity index (χ0v) is 14.5. The normalized spacial score (nSPS) is 16.3. The summed E-state index contributed by atoms with van der Waals surface area (Å²) >= 11 is 0. The van der Waals surface area contributed by atoms with Gasteiger partial charge in [0.05, 0.1) is 5.60 Å². The molecule has 1 aliphatic rings. The summed E-state index contributed by atoms with van der Waals surface area (Å²) < 4.78 is 14.7. The Morgan fingerprint density at radius 2 is 1.74 bits per heavy atom. The van der Waals surface area contributed by atoms with Crippen LogP contribution < -0.4 is 0 Å². The van der Waals surface area contributed by atoms with E-state index in [1.165, 1.54) is 24.8 Å². The van der Waals surface area contributed by atoms with Gasteiger partial charge in [0, 0.05) is 24.8 Å². The number of halogens is 1. The first-order valence-corrected chi connectivity index (χ1v) is 8.64. The third kappa shape index (κ3) is 3.43. The molecule has 0 radical (unpaired) electrons. The Morgan fingerprint density at radius 1 is 1.07 bits per heavy atom. The molecule has 1 fully saturated rings. The van der Waals surface area contributed by atoms with Gasteiger partial charge in [0.2, 0.25) is 0 Å². The van der Waals surface area contributed by atoms with Crippen LogP contribution in [0.2, 0.25) is 0 Å². The largest absolute Gasteiger partial charge is 0.385 e. The van der Waals surface area contributed by atoms with Crippen LogP contribution in [0.15, 0.2) is 55.2 Å². The maximum absolute atomic E-state index is 13.1. The van der Waals surface area contributed by atoms with Crippen molar-refractivity contribution < 1.29 is 14.3 Å². The zero-order chi connectivity index (χ0) is 18.9. The van der Waals surface area contributed by atoms with Gasteiger partial charge in [-0.15, -0.1) is 10.2 Å². The summed E-state index contributed by atoms with van der Waals surface area (Å²) in [6, 6.07) is 9.23. The Labute approximate surface area is 155 Å². The second kappa shape index (κ2) is 6.88. The highest BCUT2D eigenvalue weighted by atomic mass is 19.1. The van der Waals surface area contributed by atoms with E-state index in [2.05, 4.69) is 15.2 Å². The molecule has 0 spiro atoms. The van der Waals surface area contributed by atoms with Gasteiger partial charge in [-0.2, -0.15) is 0 Å². The molecule has 3 heterocycles. The van der Waals surface area contributed by atoms with Crippen LogP contribution in [0.5, 0.6) is 0 Å². The molecule has 0 saturated carbocycles. The smallest absolute Gasteiger partial charge is 0.254 e. The van der Waals surface area contributed by atoms with E-state index in [0.717, 1.165) is 0 Å². The van der Waals surface area contributed by atoms with E-state index in [0.29, 0.717) is 42.9 Å². The minimum atomic E-state index is -1.05. The van der Waals surface area contributed by atoms with E-state index in [9.17, 15) is 14.3 Å². The van der Waals surface area contributed by atoms with Crippen molar-refractivity contribution in [3.8, 4) is 5.82 Å². The molecule has 7 nitrogen and oxygen atoms in total. The van der Waals surface area contributed by atoms with Gasteiger partial charge in [0.25, 0.3) is 5.91 Å². The van der Waals surface area contributed by atoms with Gasteiger partial charge in [-0.05, 0) is 42.7 Å². The quantitative estimate of drug-likeness (QED) is 0.765. The molecule has 138 valence electrons. The molecule has 3 aromatic rings. The third-order valence-corrected chi connectivity index (χ3v) is 4.94. The summed E-state index contributed by atoms with van der Waals surface area (Å²) in [5.41, 5.74) is 0.145. The van der Waals surface area contributed by atoms with Gasteiger partial charge < -0.3 is 10.0 Å². The Hall–Kier alpha value is -3.13. The predicted octanol–water partition coefficient (Wildman–Crippen LogP) is 1.93. The lowest BCUT2D eigenvalue weighted by Crippen LogP contribution is -2.45. The fourth-order valence-electron chi connectivity index (χ4n) is 3.32. The second-order valence-corrected chi connectivity index (χ2v) is 6.60. The highest BCUT2D eigenvalue weighted by molar-refractivity contribution is 5.94. The van der Waals surface area contributed by atoms with Crippen molar-refractivity contribution in [2.24, 2.45) is 0 Å². The van der Waals surface area contributed by atoms with Crippen molar-refractivity contribution in [1.82, 2.24) is 24.6 Å². The maximum atomic E-state index is 13.1. The van der Waals surface area contributed by atoms with Crippen LogP contribution in [-0.2, 0) is 5.60 Å². The van der Waals surface area contributed by atoms with Gasteiger partial charge in [-0.3, -0.25) is 9.36 Å². The number of nitrogens with zero attached hydrogens (tertiary/aromatic N) is 5. The SMILES string of the molecule is O=C(c1ccnc(-n2cnnc2)c1)N1CCC(O)(c2ccc(F)cc2)CC1. The number of pyridine rings is 1. The van der Waals surface area contributed by atoms with E-state index in [1.54, 1.807) is 39.9 Å². The first-order chi connectivity index (χ1) is 13.0. The molecule has 0 unspecified atom stereocenters. The molecule has 4 rings (SSSR count). The second-order valence-electron chi connectivity index (χ2n) is 6.60. The van der Waals surface area contributed by atoms with Gasteiger partial charge in [-0.25, -0.2) is 9.37 Å². The van der Waals surface area contributed by atoms with Crippen LogP contribution in [0.4, 0.5) is 4.39 Å². The van der Waals surface area contributed by atoms with Crippen molar-refractivity contribution in [1.29, 1.82) is 0 Å². The van der Waals surface area contributed by atoms with E-state index in [1.807, 2.05) is 0 Å². The number of benzene rings is 1. The van der Waals surface area contributed by atoms with E-state index in [4.69, 9.17) is 0 Å². The van der Waals surface area contributed by atoms with Gasteiger partial charge in [0.15, 0.2) is 0 Å². The number of hydrogen-bond acceptors (Lipinski definition) is 5. The fraction of sp³-hybridized carbons (Fsp3) is 0.263. The summed E-state index contributed by atoms with van der Waals surface area (Å²) in [4.78, 5) is 18.8. The molecule has 27 heavy (non-hydrogen) atoms. The minimum absolute atomic E-state index is 0.118.